The minimum atomic E-state index is -2.00. The van der Waals surface area contributed by atoms with E-state index in [1.54, 1.807) is 39.8 Å². The molecule has 0 saturated heterocycles. The molecule has 1 atom stereocenters. The summed E-state index contributed by atoms with van der Waals surface area (Å²) in [5.41, 5.74) is -1.23. The van der Waals surface area contributed by atoms with E-state index in [0.29, 0.717) is 5.69 Å². The Hall–Kier alpha value is -1.59. The number of anilines is 1. The average Bonchev–Trinajstić information content (AvgIpc) is 2.55. The highest BCUT2D eigenvalue weighted by Crippen LogP contribution is 2.44. The van der Waals surface area contributed by atoms with Crippen molar-refractivity contribution >= 4 is 29.2 Å². The van der Waals surface area contributed by atoms with Gasteiger partial charge in [-0.1, -0.05) is 17.7 Å². The third-order valence-electron chi connectivity index (χ3n) is 3.21. The number of carbonyl (C=O) groups excluding carboxylic acids is 2. The molecule has 6 heteroatoms. The first-order valence-corrected chi connectivity index (χ1v) is 6.97. The van der Waals surface area contributed by atoms with Gasteiger partial charge in [0.2, 0.25) is 0 Å². The molecule has 2 N–H and O–H groups in total. The van der Waals surface area contributed by atoms with Crippen molar-refractivity contribution < 1.29 is 19.4 Å². The molecule has 114 valence electrons. The Bertz CT molecular complexity index is 621. The Morgan fingerprint density at radius 1 is 1.43 bits per heavy atom. The van der Waals surface area contributed by atoms with Crippen LogP contribution < -0.4 is 5.32 Å². The zero-order chi connectivity index (χ0) is 16.0. The number of hydrogen-bond donors (Lipinski definition) is 2. The van der Waals surface area contributed by atoms with Crippen LogP contribution in [0.25, 0.3) is 0 Å². The van der Waals surface area contributed by atoms with E-state index in [1.165, 1.54) is 0 Å². The number of fused-ring (bicyclic) bond motifs is 1. The summed E-state index contributed by atoms with van der Waals surface area (Å²) in [5.74, 6) is -1.33. The number of amides is 1. The first-order chi connectivity index (χ1) is 9.54. The van der Waals surface area contributed by atoms with Crippen molar-refractivity contribution in [3.05, 3.63) is 28.3 Å². The number of aliphatic hydroxyl groups is 1. The SMILES string of the molecule is Cc1ccc(Cl)c2c1NC(=O)C2(O)CC(=O)OC(C)(C)C. The molecule has 1 amide bonds. The molecular weight excluding hydrogens is 294 g/mol. The lowest BCUT2D eigenvalue weighted by molar-refractivity contribution is -0.163. The molecule has 0 aromatic heterocycles. The standard InChI is InChI=1S/C15H18ClNO4/c1-8-5-6-9(16)11-12(8)17-13(19)15(11,20)7-10(18)21-14(2,3)4/h5-6,20H,7H2,1-4H3,(H,17,19). The Morgan fingerprint density at radius 2 is 2.05 bits per heavy atom. The summed E-state index contributed by atoms with van der Waals surface area (Å²) in [4.78, 5) is 24.1. The lowest BCUT2D eigenvalue weighted by Gasteiger charge is -2.24. The van der Waals surface area contributed by atoms with Gasteiger partial charge < -0.3 is 15.2 Å². The third-order valence-corrected chi connectivity index (χ3v) is 3.53. The second-order valence-corrected chi connectivity index (χ2v) is 6.60. The average molecular weight is 312 g/mol. The molecule has 21 heavy (non-hydrogen) atoms. The van der Waals surface area contributed by atoms with Gasteiger partial charge in [0.15, 0.2) is 5.60 Å². The summed E-state index contributed by atoms with van der Waals surface area (Å²) in [6.07, 6.45) is -0.480. The van der Waals surface area contributed by atoms with Crippen LogP contribution in [0.3, 0.4) is 0 Å². The summed E-state index contributed by atoms with van der Waals surface area (Å²) < 4.78 is 5.18. The highest BCUT2D eigenvalue weighted by Gasteiger charge is 2.49. The summed E-state index contributed by atoms with van der Waals surface area (Å²) in [6.45, 7) is 6.94. The predicted molar refractivity (Wildman–Crippen MR) is 79.2 cm³/mol. The molecule has 1 unspecified atom stereocenters. The number of benzene rings is 1. The Morgan fingerprint density at radius 3 is 2.62 bits per heavy atom. The number of hydrogen-bond acceptors (Lipinski definition) is 4. The molecule has 1 heterocycles. The highest BCUT2D eigenvalue weighted by molar-refractivity contribution is 6.33. The molecule has 2 rings (SSSR count). The van der Waals surface area contributed by atoms with Gasteiger partial charge in [-0.3, -0.25) is 9.59 Å². The highest BCUT2D eigenvalue weighted by atomic mass is 35.5. The van der Waals surface area contributed by atoms with Gasteiger partial charge in [-0.2, -0.15) is 0 Å². The van der Waals surface area contributed by atoms with Crippen LogP contribution in [0.15, 0.2) is 12.1 Å². The molecule has 1 aromatic carbocycles. The van der Waals surface area contributed by atoms with Crippen LogP contribution >= 0.6 is 11.6 Å². The van der Waals surface area contributed by atoms with Crippen LogP contribution in [-0.4, -0.2) is 22.6 Å². The fourth-order valence-electron chi connectivity index (χ4n) is 2.33. The van der Waals surface area contributed by atoms with E-state index >= 15 is 0 Å². The van der Waals surface area contributed by atoms with Gasteiger partial charge in [0.25, 0.3) is 5.91 Å². The van der Waals surface area contributed by atoms with Crippen LogP contribution in [0, 0.1) is 6.92 Å². The lowest BCUT2D eigenvalue weighted by atomic mass is 9.90. The van der Waals surface area contributed by atoms with Gasteiger partial charge in [-0.15, -0.1) is 0 Å². The van der Waals surface area contributed by atoms with Gasteiger partial charge in [0.1, 0.15) is 5.60 Å². The van der Waals surface area contributed by atoms with Crippen molar-refractivity contribution in [2.45, 2.75) is 45.3 Å². The molecule has 0 fully saturated rings. The number of rotatable bonds is 2. The Kier molecular flexibility index (Phi) is 3.76. The monoisotopic (exact) mass is 311 g/mol. The summed E-state index contributed by atoms with van der Waals surface area (Å²) in [7, 11) is 0. The number of nitrogens with one attached hydrogen (secondary N) is 1. The topological polar surface area (TPSA) is 75.6 Å². The van der Waals surface area contributed by atoms with E-state index < -0.39 is 29.5 Å². The summed E-state index contributed by atoms with van der Waals surface area (Å²) in [5, 5.41) is 13.5. The largest absolute Gasteiger partial charge is 0.460 e. The van der Waals surface area contributed by atoms with Crippen LogP contribution in [0.2, 0.25) is 5.02 Å². The maximum absolute atomic E-state index is 12.1. The van der Waals surface area contributed by atoms with E-state index in [4.69, 9.17) is 16.3 Å². The molecule has 1 aliphatic heterocycles. The van der Waals surface area contributed by atoms with Crippen molar-refractivity contribution in [2.24, 2.45) is 0 Å². The van der Waals surface area contributed by atoms with E-state index in [2.05, 4.69) is 5.32 Å². The second kappa shape index (κ2) is 5.00. The van der Waals surface area contributed by atoms with Gasteiger partial charge in [-0.05, 0) is 39.3 Å². The fourth-order valence-corrected chi connectivity index (χ4v) is 2.65. The minimum Gasteiger partial charge on any atom is -0.460 e. The lowest BCUT2D eigenvalue weighted by Crippen LogP contribution is -2.38. The van der Waals surface area contributed by atoms with Crippen molar-refractivity contribution in [1.29, 1.82) is 0 Å². The molecule has 0 aliphatic carbocycles. The minimum absolute atomic E-state index is 0.236. The van der Waals surface area contributed by atoms with E-state index in [9.17, 15) is 14.7 Å². The number of halogens is 1. The molecule has 1 aromatic rings. The van der Waals surface area contributed by atoms with Crippen molar-refractivity contribution in [3.8, 4) is 0 Å². The van der Waals surface area contributed by atoms with Crippen molar-refractivity contribution in [3.63, 3.8) is 0 Å². The van der Waals surface area contributed by atoms with Crippen molar-refractivity contribution in [2.75, 3.05) is 5.32 Å². The quantitative estimate of drug-likeness (QED) is 0.823. The van der Waals surface area contributed by atoms with Crippen LogP contribution in [0.4, 0.5) is 5.69 Å². The molecule has 0 radical (unpaired) electrons. The van der Waals surface area contributed by atoms with Crippen LogP contribution in [-0.2, 0) is 19.9 Å². The van der Waals surface area contributed by atoms with Gasteiger partial charge >= 0.3 is 5.97 Å². The van der Waals surface area contributed by atoms with Crippen LogP contribution in [0.1, 0.15) is 38.3 Å². The molecule has 0 bridgehead atoms. The summed E-state index contributed by atoms with van der Waals surface area (Å²) >= 11 is 6.10. The van der Waals surface area contributed by atoms with E-state index in [0.717, 1.165) is 5.56 Å². The number of ether oxygens (including phenoxy) is 1. The van der Waals surface area contributed by atoms with E-state index in [-0.39, 0.29) is 10.6 Å². The Balaban J connectivity index is 2.39. The van der Waals surface area contributed by atoms with E-state index in [1.807, 2.05) is 0 Å². The second-order valence-electron chi connectivity index (χ2n) is 6.19. The first kappa shape index (κ1) is 15.8. The van der Waals surface area contributed by atoms with Crippen molar-refractivity contribution in [1.82, 2.24) is 0 Å². The molecule has 0 spiro atoms. The Labute approximate surface area is 128 Å². The zero-order valence-electron chi connectivity index (χ0n) is 12.4. The molecule has 0 saturated carbocycles. The van der Waals surface area contributed by atoms with Crippen LogP contribution in [0.5, 0.6) is 0 Å². The predicted octanol–water partition coefficient (Wildman–Crippen LogP) is 2.52. The zero-order valence-corrected chi connectivity index (χ0v) is 13.2. The maximum atomic E-state index is 12.1. The fraction of sp³-hybridized carbons (Fsp3) is 0.467. The first-order valence-electron chi connectivity index (χ1n) is 6.60. The molecule has 1 aliphatic rings. The summed E-state index contributed by atoms with van der Waals surface area (Å²) in [6, 6.07) is 3.33. The molecular formula is C15H18ClNO4. The van der Waals surface area contributed by atoms with Gasteiger partial charge in [-0.25, -0.2) is 0 Å². The third kappa shape index (κ3) is 2.89. The molecule has 5 nitrogen and oxygen atoms in total. The smallest absolute Gasteiger partial charge is 0.310 e. The van der Waals surface area contributed by atoms with Gasteiger partial charge in [0.05, 0.1) is 12.1 Å². The number of esters is 1. The van der Waals surface area contributed by atoms with Gasteiger partial charge in [0, 0.05) is 10.6 Å². The normalized spacial score (nSPS) is 21.0. The maximum Gasteiger partial charge on any atom is 0.310 e. The number of aryl methyl sites for hydroxylation is 1. The number of carbonyl (C=O) groups is 2.